The Kier molecular flexibility index (Phi) is 10.7. The number of aromatic nitrogens is 6. The first-order valence-electron chi connectivity index (χ1n) is 14.8. The van der Waals surface area contributed by atoms with Gasteiger partial charge in [0.25, 0.3) is 0 Å². The molecule has 0 atom stereocenters. The number of hydrogen-bond donors (Lipinski definition) is 0. The highest BCUT2D eigenvalue weighted by atomic mass is 127. The van der Waals surface area contributed by atoms with E-state index in [1.54, 1.807) is 30.6 Å². The number of fused-ring (bicyclic) bond motifs is 2. The molecule has 246 valence electrons. The van der Waals surface area contributed by atoms with Gasteiger partial charge in [0.1, 0.15) is 5.82 Å². The van der Waals surface area contributed by atoms with E-state index >= 15 is 0 Å². The van der Waals surface area contributed by atoms with Crippen molar-refractivity contribution in [2.45, 2.75) is 38.9 Å². The van der Waals surface area contributed by atoms with Crippen molar-refractivity contribution in [3.63, 3.8) is 0 Å². The lowest BCUT2D eigenvalue weighted by atomic mass is 9.80. The van der Waals surface area contributed by atoms with Crippen LogP contribution in [0, 0.1) is 3.83 Å². The summed E-state index contributed by atoms with van der Waals surface area (Å²) in [6.45, 7) is 7.96. The van der Waals surface area contributed by atoms with E-state index in [1.165, 1.54) is 12.4 Å². The van der Waals surface area contributed by atoms with Crippen LogP contribution in [-0.4, -0.2) is 60.0 Å². The molecule has 1 aliphatic rings. The molecule has 5 heterocycles. The lowest BCUT2D eigenvalue weighted by molar-refractivity contribution is 0.00578. The van der Waals surface area contributed by atoms with Crippen molar-refractivity contribution in [2.24, 2.45) is 14.1 Å². The quantitative estimate of drug-likeness (QED) is 0.105. The zero-order valence-corrected chi connectivity index (χ0v) is 30.8. The molecule has 1 aliphatic heterocycles. The Morgan fingerprint density at radius 1 is 0.729 bits per heavy atom. The maximum absolute atomic E-state index is 10.8. The van der Waals surface area contributed by atoms with Crippen molar-refractivity contribution in [1.82, 2.24) is 29.1 Å². The van der Waals surface area contributed by atoms with Gasteiger partial charge in [0, 0.05) is 71.1 Å². The van der Waals surface area contributed by atoms with Gasteiger partial charge in [-0.25, -0.2) is 9.97 Å². The van der Waals surface area contributed by atoms with E-state index in [2.05, 4.69) is 42.5 Å². The largest absolute Gasteiger partial charge is 0.496 e. The van der Waals surface area contributed by atoms with Gasteiger partial charge in [-0.05, 0) is 98.8 Å². The van der Waals surface area contributed by atoms with Gasteiger partial charge in [0.2, 0.25) is 0 Å². The Morgan fingerprint density at radius 3 is 1.83 bits per heavy atom. The number of carbonyl (C=O) groups is 2. The summed E-state index contributed by atoms with van der Waals surface area (Å²) in [5, 5.41) is 1.42. The zero-order valence-electron chi connectivity index (χ0n) is 27.1. The van der Waals surface area contributed by atoms with Gasteiger partial charge >= 0.3 is 7.12 Å². The van der Waals surface area contributed by atoms with Crippen LogP contribution in [0.25, 0.3) is 33.5 Å². The zero-order chi connectivity index (χ0) is 34.8. The molecule has 0 amide bonds. The molecule has 1 saturated heterocycles. The monoisotopic (exact) mass is 796 g/mol. The number of aryl methyl sites for hydroxylation is 2. The highest BCUT2D eigenvalue weighted by Crippen LogP contribution is 2.36. The lowest BCUT2D eigenvalue weighted by Crippen LogP contribution is -2.41. The van der Waals surface area contributed by atoms with Crippen molar-refractivity contribution in [1.29, 1.82) is 0 Å². The summed E-state index contributed by atoms with van der Waals surface area (Å²) in [6.07, 6.45) is 7.93. The smallest absolute Gasteiger partial charge is 0.399 e. The standard InChI is InChI=1S/C14H10ClN3O.C12H16BNO3.C8H6ClIN2/c1-18-13-5-11(15)2-3-12(13)17-14(18)10-4-9(8-19)6-16-7-10;1-11(2)12(3,4)17-13(16-11)10-5-9(8-15)6-14-7-10;1-12-7-4-5(9)2-3-6(7)11-8(12)10/h2-8H,1H3;5-8H,1-4H3;2-4H,1H3. The second-order valence-electron chi connectivity index (χ2n) is 12.1. The predicted molar refractivity (Wildman–Crippen MR) is 198 cm³/mol. The molecule has 2 aromatic carbocycles. The predicted octanol–water partition coefficient (Wildman–Crippen LogP) is 7.13. The van der Waals surface area contributed by atoms with Crippen LogP contribution in [0.1, 0.15) is 48.4 Å². The van der Waals surface area contributed by atoms with E-state index in [4.69, 9.17) is 32.5 Å². The Hall–Kier alpha value is -3.69. The number of pyridine rings is 2. The summed E-state index contributed by atoms with van der Waals surface area (Å²) in [5.74, 6) is 0.758. The lowest BCUT2D eigenvalue weighted by Gasteiger charge is -2.32. The van der Waals surface area contributed by atoms with Crippen LogP contribution >= 0.6 is 45.8 Å². The molecular weight excluding hydrogens is 765 g/mol. The second kappa shape index (κ2) is 14.4. The Labute approximate surface area is 302 Å². The molecule has 0 N–H and O–H groups in total. The molecule has 7 rings (SSSR count). The molecule has 0 saturated carbocycles. The van der Waals surface area contributed by atoms with Crippen molar-refractivity contribution >= 4 is 93.0 Å². The Morgan fingerprint density at radius 2 is 1.25 bits per heavy atom. The van der Waals surface area contributed by atoms with E-state index < -0.39 is 7.12 Å². The fourth-order valence-electron chi connectivity index (χ4n) is 4.85. The first-order valence-corrected chi connectivity index (χ1v) is 16.6. The van der Waals surface area contributed by atoms with Crippen LogP contribution in [-0.2, 0) is 23.4 Å². The van der Waals surface area contributed by atoms with Gasteiger partial charge < -0.3 is 18.4 Å². The van der Waals surface area contributed by atoms with E-state index in [1.807, 2.05) is 81.3 Å². The number of carbonyl (C=O) groups excluding carboxylic acids is 2. The minimum absolute atomic E-state index is 0.380. The average molecular weight is 797 g/mol. The van der Waals surface area contributed by atoms with E-state index in [9.17, 15) is 9.59 Å². The molecule has 4 aromatic heterocycles. The van der Waals surface area contributed by atoms with Crippen LogP contribution < -0.4 is 5.46 Å². The van der Waals surface area contributed by atoms with Gasteiger partial charge in [0.05, 0.1) is 33.3 Å². The third-order valence-corrected chi connectivity index (χ3v) is 9.66. The van der Waals surface area contributed by atoms with Gasteiger partial charge in [0.15, 0.2) is 16.4 Å². The minimum Gasteiger partial charge on any atom is -0.399 e. The molecule has 0 unspecified atom stereocenters. The van der Waals surface area contributed by atoms with Gasteiger partial charge in [-0.2, -0.15) is 0 Å². The van der Waals surface area contributed by atoms with Crippen LogP contribution in [0.4, 0.5) is 0 Å². The topological polar surface area (TPSA) is 114 Å². The van der Waals surface area contributed by atoms with E-state index in [0.717, 1.165) is 60.3 Å². The van der Waals surface area contributed by atoms with Crippen molar-refractivity contribution in [3.05, 3.63) is 98.3 Å². The average Bonchev–Trinajstić information content (AvgIpc) is 3.63. The number of rotatable bonds is 4. The fourth-order valence-corrected chi connectivity index (χ4v) is 5.70. The third-order valence-electron chi connectivity index (χ3n) is 8.23. The van der Waals surface area contributed by atoms with Gasteiger partial charge in [-0.3, -0.25) is 19.6 Å². The van der Waals surface area contributed by atoms with Crippen LogP contribution in [0.15, 0.2) is 73.3 Å². The minimum atomic E-state index is -0.465. The first kappa shape index (κ1) is 35.6. The summed E-state index contributed by atoms with van der Waals surface area (Å²) in [6, 6.07) is 14.8. The Balaban J connectivity index is 0.000000144. The maximum atomic E-state index is 10.8. The highest BCUT2D eigenvalue weighted by Gasteiger charge is 2.51. The molecule has 6 aromatic rings. The van der Waals surface area contributed by atoms with Gasteiger partial charge in [-0.1, -0.05) is 23.2 Å². The highest BCUT2D eigenvalue weighted by molar-refractivity contribution is 14.1. The number of hydrogen-bond acceptors (Lipinski definition) is 8. The molecule has 0 radical (unpaired) electrons. The number of aldehydes is 2. The molecule has 0 aliphatic carbocycles. The molecular formula is C34H32BCl2IN6O4. The van der Waals surface area contributed by atoms with Crippen molar-refractivity contribution < 1.29 is 18.9 Å². The molecule has 10 nitrogen and oxygen atoms in total. The normalized spacial score (nSPS) is 14.6. The summed E-state index contributed by atoms with van der Waals surface area (Å²) >= 11 is 14.0. The molecule has 1 fully saturated rings. The Bertz CT molecular complexity index is 2120. The first-order chi connectivity index (χ1) is 22.7. The summed E-state index contributed by atoms with van der Waals surface area (Å²) in [4.78, 5) is 38.5. The number of imidazole rings is 2. The van der Waals surface area contributed by atoms with Gasteiger partial charge in [-0.15, -0.1) is 0 Å². The van der Waals surface area contributed by atoms with Crippen LogP contribution in [0.5, 0.6) is 0 Å². The van der Waals surface area contributed by atoms with E-state index in [0.29, 0.717) is 16.1 Å². The van der Waals surface area contributed by atoms with Crippen LogP contribution in [0.2, 0.25) is 10.0 Å². The van der Waals surface area contributed by atoms with Crippen molar-refractivity contribution in [2.75, 3.05) is 0 Å². The third kappa shape index (κ3) is 7.63. The van der Waals surface area contributed by atoms with Crippen molar-refractivity contribution in [3.8, 4) is 11.4 Å². The molecule has 0 spiro atoms. The fraction of sp³-hybridized carbons (Fsp3) is 0.235. The SMILES string of the molecule is CC1(C)OB(c2cncc(C=O)c2)OC1(C)C.Cn1c(-c2cncc(C=O)c2)nc2ccc(Cl)cc21.Cn1c(I)nc2ccc(Cl)cc21. The summed E-state index contributed by atoms with van der Waals surface area (Å²) in [7, 11) is 3.43. The number of nitrogens with zero attached hydrogens (tertiary/aromatic N) is 6. The number of benzene rings is 2. The van der Waals surface area contributed by atoms with Crippen LogP contribution in [0.3, 0.4) is 0 Å². The number of halogens is 3. The molecule has 48 heavy (non-hydrogen) atoms. The molecule has 14 heteroatoms. The maximum Gasteiger partial charge on any atom is 0.496 e. The molecule has 0 bridgehead atoms. The second-order valence-corrected chi connectivity index (χ2v) is 13.9. The summed E-state index contributed by atoms with van der Waals surface area (Å²) in [5.41, 5.74) is 5.74. The summed E-state index contributed by atoms with van der Waals surface area (Å²) < 4.78 is 16.7. The van der Waals surface area contributed by atoms with E-state index in [-0.39, 0.29) is 11.2 Å².